The molecule has 0 aliphatic rings. The van der Waals surface area contributed by atoms with Gasteiger partial charge in [-0.05, 0) is 6.54 Å². The average Bonchev–Trinajstić information content (AvgIpc) is 1.97. The van der Waals surface area contributed by atoms with E-state index in [0.29, 0.717) is 0 Å². The molecule has 0 radical (unpaired) electrons. The summed E-state index contributed by atoms with van der Waals surface area (Å²) >= 11 is 0. The summed E-state index contributed by atoms with van der Waals surface area (Å²) in [6.07, 6.45) is 0. The molecule has 0 aliphatic carbocycles. The second kappa shape index (κ2) is 8.88. The summed E-state index contributed by atoms with van der Waals surface area (Å²) in [6, 6.07) is 0. The van der Waals surface area contributed by atoms with Crippen LogP contribution in [0.1, 0.15) is 6.92 Å². The molecule has 0 aliphatic heterocycles. The van der Waals surface area contributed by atoms with E-state index in [9.17, 15) is 0 Å². The zero-order chi connectivity index (χ0) is 7.66. The highest BCUT2D eigenvalue weighted by Crippen LogP contribution is 1.63. The van der Waals surface area contributed by atoms with Gasteiger partial charge >= 0.3 is 0 Å². The van der Waals surface area contributed by atoms with Crippen LogP contribution in [0.25, 0.3) is 0 Å². The zero-order valence-corrected chi connectivity index (χ0v) is 6.94. The molecule has 0 fully saturated rings. The lowest BCUT2D eigenvalue weighted by atomic mass is 10.5. The molecule has 0 atom stereocenters. The van der Waals surface area contributed by atoms with Crippen LogP contribution >= 0.6 is 0 Å². The number of rotatable bonds is 7. The molecular weight excluding hydrogens is 128 g/mol. The molecule has 2 N–H and O–H groups in total. The summed E-state index contributed by atoms with van der Waals surface area (Å²) in [7, 11) is 1.71. The van der Waals surface area contributed by atoms with Crippen LogP contribution in [0.2, 0.25) is 0 Å². The lowest BCUT2D eigenvalue weighted by molar-refractivity contribution is 0.199. The van der Waals surface area contributed by atoms with Crippen molar-refractivity contribution in [3.05, 3.63) is 0 Å². The third kappa shape index (κ3) is 7.88. The van der Waals surface area contributed by atoms with Crippen molar-refractivity contribution >= 4 is 0 Å². The zero-order valence-electron chi connectivity index (χ0n) is 6.94. The van der Waals surface area contributed by atoms with Crippen molar-refractivity contribution in [1.82, 2.24) is 10.6 Å². The minimum atomic E-state index is 0.798. The third-order valence-corrected chi connectivity index (χ3v) is 1.21. The van der Waals surface area contributed by atoms with E-state index < -0.39 is 0 Å². The molecule has 0 aromatic carbocycles. The fraction of sp³-hybridized carbons (Fsp3) is 1.00. The Morgan fingerprint density at radius 3 is 2.40 bits per heavy atom. The predicted molar refractivity (Wildman–Crippen MR) is 43.3 cm³/mol. The summed E-state index contributed by atoms with van der Waals surface area (Å²) < 4.78 is 4.87. The Labute approximate surface area is 63.1 Å². The number of hydrogen-bond donors (Lipinski definition) is 2. The molecule has 0 amide bonds. The molecule has 62 valence electrons. The van der Waals surface area contributed by atoms with Gasteiger partial charge in [-0.25, -0.2) is 0 Å². The molecule has 0 rings (SSSR count). The highest BCUT2D eigenvalue weighted by atomic mass is 16.5. The van der Waals surface area contributed by atoms with E-state index in [4.69, 9.17) is 4.74 Å². The predicted octanol–water partition coefficient (Wildman–Crippen LogP) is -0.168. The van der Waals surface area contributed by atoms with Gasteiger partial charge in [0.15, 0.2) is 0 Å². The monoisotopic (exact) mass is 146 g/mol. The Bertz CT molecular complexity index is 51.6. The van der Waals surface area contributed by atoms with Crippen LogP contribution in [-0.4, -0.2) is 39.9 Å². The van der Waals surface area contributed by atoms with Gasteiger partial charge in [-0.3, -0.25) is 0 Å². The van der Waals surface area contributed by atoms with Crippen molar-refractivity contribution in [1.29, 1.82) is 0 Å². The Morgan fingerprint density at radius 2 is 1.80 bits per heavy atom. The van der Waals surface area contributed by atoms with Gasteiger partial charge in [-0.2, -0.15) is 0 Å². The van der Waals surface area contributed by atoms with Gasteiger partial charge in [-0.1, -0.05) is 6.92 Å². The van der Waals surface area contributed by atoms with Crippen LogP contribution in [0.15, 0.2) is 0 Å². The van der Waals surface area contributed by atoms with Crippen LogP contribution < -0.4 is 10.6 Å². The highest BCUT2D eigenvalue weighted by molar-refractivity contribution is 4.48. The van der Waals surface area contributed by atoms with Crippen molar-refractivity contribution in [2.24, 2.45) is 0 Å². The second-order valence-electron chi connectivity index (χ2n) is 2.10. The van der Waals surface area contributed by atoms with Gasteiger partial charge in [-0.15, -0.1) is 0 Å². The Kier molecular flexibility index (Phi) is 8.77. The van der Waals surface area contributed by atoms with E-state index in [1.165, 1.54) is 0 Å². The molecule has 0 unspecified atom stereocenters. The van der Waals surface area contributed by atoms with Gasteiger partial charge in [0, 0.05) is 26.7 Å². The molecule has 0 aromatic heterocycles. The molecule has 0 saturated carbocycles. The summed E-state index contributed by atoms with van der Waals surface area (Å²) in [4.78, 5) is 0. The smallest absolute Gasteiger partial charge is 0.0587 e. The van der Waals surface area contributed by atoms with Gasteiger partial charge in [0.25, 0.3) is 0 Å². The first-order chi connectivity index (χ1) is 4.91. The summed E-state index contributed by atoms with van der Waals surface area (Å²) in [6.45, 7) is 6.96. The largest absolute Gasteiger partial charge is 0.383 e. The van der Waals surface area contributed by atoms with Crippen molar-refractivity contribution in [2.45, 2.75) is 6.92 Å². The second-order valence-corrected chi connectivity index (χ2v) is 2.10. The number of likely N-dealkylation sites (N-methyl/N-ethyl adjacent to an activating group) is 1. The first-order valence-electron chi connectivity index (χ1n) is 3.82. The summed E-state index contributed by atoms with van der Waals surface area (Å²) in [5.74, 6) is 0. The van der Waals surface area contributed by atoms with Crippen LogP contribution in [0, 0.1) is 0 Å². The van der Waals surface area contributed by atoms with E-state index in [1.807, 2.05) is 0 Å². The van der Waals surface area contributed by atoms with Crippen molar-refractivity contribution in [3.63, 3.8) is 0 Å². The summed E-state index contributed by atoms with van der Waals surface area (Å²) in [5, 5.41) is 6.46. The fourth-order valence-corrected chi connectivity index (χ4v) is 0.653. The Morgan fingerprint density at radius 1 is 1.10 bits per heavy atom. The molecular formula is C7H18N2O. The van der Waals surface area contributed by atoms with Crippen LogP contribution in [0.4, 0.5) is 0 Å². The highest BCUT2D eigenvalue weighted by Gasteiger charge is 1.84. The number of ether oxygens (including phenoxy) is 1. The minimum Gasteiger partial charge on any atom is -0.383 e. The van der Waals surface area contributed by atoms with E-state index in [1.54, 1.807) is 7.11 Å². The molecule has 10 heavy (non-hydrogen) atoms. The van der Waals surface area contributed by atoms with Crippen molar-refractivity contribution in [2.75, 3.05) is 39.9 Å². The van der Waals surface area contributed by atoms with Crippen LogP contribution in [-0.2, 0) is 4.74 Å². The average molecular weight is 146 g/mol. The van der Waals surface area contributed by atoms with E-state index >= 15 is 0 Å². The SMILES string of the molecule is CCNCCNCCOC. The number of hydrogen-bond acceptors (Lipinski definition) is 3. The standard InChI is InChI=1S/C7H18N2O/c1-3-8-4-5-9-6-7-10-2/h8-9H,3-7H2,1-2H3. The topological polar surface area (TPSA) is 33.3 Å². The number of methoxy groups -OCH3 is 1. The van der Waals surface area contributed by atoms with E-state index in [2.05, 4.69) is 17.6 Å². The van der Waals surface area contributed by atoms with Gasteiger partial charge < -0.3 is 15.4 Å². The van der Waals surface area contributed by atoms with Gasteiger partial charge in [0.2, 0.25) is 0 Å². The maximum atomic E-state index is 4.87. The molecule has 3 heteroatoms. The van der Waals surface area contributed by atoms with Crippen molar-refractivity contribution < 1.29 is 4.74 Å². The molecule has 0 spiro atoms. The van der Waals surface area contributed by atoms with Gasteiger partial charge in [0.1, 0.15) is 0 Å². The Balaban J connectivity index is 2.65. The molecule has 0 bridgehead atoms. The quantitative estimate of drug-likeness (QED) is 0.489. The fourth-order valence-electron chi connectivity index (χ4n) is 0.653. The first-order valence-corrected chi connectivity index (χ1v) is 3.82. The Hall–Kier alpha value is -0.120. The minimum absolute atomic E-state index is 0.798. The molecule has 0 heterocycles. The maximum absolute atomic E-state index is 4.87. The van der Waals surface area contributed by atoms with E-state index in [-0.39, 0.29) is 0 Å². The van der Waals surface area contributed by atoms with Crippen LogP contribution in [0.5, 0.6) is 0 Å². The van der Waals surface area contributed by atoms with E-state index in [0.717, 1.165) is 32.8 Å². The normalized spacial score (nSPS) is 10.2. The lowest BCUT2D eigenvalue weighted by Gasteiger charge is -2.03. The summed E-state index contributed by atoms with van der Waals surface area (Å²) in [5.41, 5.74) is 0. The molecule has 3 nitrogen and oxygen atoms in total. The van der Waals surface area contributed by atoms with Crippen LogP contribution in [0.3, 0.4) is 0 Å². The van der Waals surface area contributed by atoms with Crippen molar-refractivity contribution in [3.8, 4) is 0 Å². The first kappa shape index (κ1) is 9.88. The third-order valence-electron chi connectivity index (χ3n) is 1.21. The molecule has 0 aromatic rings. The molecule has 0 saturated heterocycles. The number of nitrogens with one attached hydrogen (secondary N) is 2. The maximum Gasteiger partial charge on any atom is 0.0587 e. The van der Waals surface area contributed by atoms with Gasteiger partial charge in [0.05, 0.1) is 6.61 Å². The lowest BCUT2D eigenvalue weighted by Crippen LogP contribution is -2.29.